The van der Waals surface area contributed by atoms with E-state index in [-0.39, 0.29) is 5.91 Å². The minimum atomic E-state index is 0.219. The summed E-state index contributed by atoms with van der Waals surface area (Å²) in [6.07, 6.45) is 5.44. The van der Waals surface area contributed by atoms with E-state index in [1.165, 1.54) is 22.3 Å². The summed E-state index contributed by atoms with van der Waals surface area (Å²) in [4.78, 5) is 14.8. The number of hydrogen-bond donors (Lipinski definition) is 1. The van der Waals surface area contributed by atoms with E-state index in [1.54, 1.807) is 28.4 Å². The Morgan fingerprint density at radius 3 is 1.69 bits per heavy atom. The first-order valence-corrected chi connectivity index (χ1v) is 12.5. The molecule has 1 amide bonds. The fourth-order valence-electron chi connectivity index (χ4n) is 5.33. The third-order valence-corrected chi connectivity index (χ3v) is 7.33. The Hall–Kier alpha value is -2.93. The molecule has 190 valence electrons. The van der Waals surface area contributed by atoms with Crippen LogP contribution < -0.4 is 24.3 Å². The number of carbonyl (C=O) groups is 1. The molecule has 0 aromatic heterocycles. The Morgan fingerprint density at radius 1 is 0.771 bits per heavy atom. The molecule has 1 heterocycles. The molecule has 7 heteroatoms. The van der Waals surface area contributed by atoms with Crippen molar-refractivity contribution in [3.05, 3.63) is 46.5 Å². The summed E-state index contributed by atoms with van der Waals surface area (Å²) in [5.41, 5.74) is 5.20. The molecule has 0 unspecified atom stereocenters. The molecule has 2 aromatic carbocycles. The molecule has 4 rings (SSSR count). The van der Waals surface area contributed by atoms with E-state index < -0.39 is 0 Å². The SMILES string of the molecule is COc1cc2c(cc1OC)CCN(C(=O)CCNCCC1Cc3cc(OC)c(OC)cc3C1)CC2. The van der Waals surface area contributed by atoms with Crippen molar-refractivity contribution in [3.8, 4) is 23.0 Å². The molecular weight excluding hydrogens is 444 g/mol. The third-order valence-electron chi connectivity index (χ3n) is 7.33. The van der Waals surface area contributed by atoms with Crippen molar-refractivity contribution >= 4 is 5.91 Å². The maximum absolute atomic E-state index is 12.8. The van der Waals surface area contributed by atoms with Crippen molar-refractivity contribution < 1.29 is 23.7 Å². The second kappa shape index (κ2) is 11.7. The number of rotatable bonds is 10. The van der Waals surface area contributed by atoms with Crippen LogP contribution in [0.15, 0.2) is 24.3 Å². The molecule has 2 aromatic rings. The fourth-order valence-corrected chi connectivity index (χ4v) is 5.33. The van der Waals surface area contributed by atoms with Crippen LogP contribution in [0, 0.1) is 5.92 Å². The zero-order valence-electron chi connectivity index (χ0n) is 21.4. The molecule has 1 aliphatic carbocycles. The Labute approximate surface area is 208 Å². The Bertz CT molecular complexity index is 970. The largest absolute Gasteiger partial charge is 0.493 e. The lowest BCUT2D eigenvalue weighted by Gasteiger charge is -2.20. The molecular formula is C28H38N2O5. The van der Waals surface area contributed by atoms with Crippen molar-refractivity contribution in [3.63, 3.8) is 0 Å². The van der Waals surface area contributed by atoms with Gasteiger partial charge in [-0.2, -0.15) is 0 Å². The highest BCUT2D eigenvalue weighted by Crippen LogP contribution is 2.37. The molecule has 0 bridgehead atoms. The zero-order valence-corrected chi connectivity index (χ0v) is 21.4. The summed E-state index contributed by atoms with van der Waals surface area (Å²) in [5.74, 6) is 3.94. The fraction of sp³-hybridized carbons (Fsp3) is 0.536. The van der Waals surface area contributed by atoms with Gasteiger partial charge in [-0.05, 0) is 91.1 Å². The lowest BCUT2D eigenvalue weighted by atomic mass is 10.0. The number of fused-ring (bicyclic) bond motifs is 2. The monoisotopic (exact) mass is 482 g/mol. The summed E-state index contributed by atoms with van der Waals surface area (Å²) < 4.78 is 21.8. The first-order chi connectivity index (χ1) is 17.1. The molecule has 1 N–H and O–H groups in total. The van der Waals surface area contributed by atoms with Gasteiger partial charge in [0.05, 0.1) is 28.4 Å². The van der Waals surface area contributed by atoms with Crippen molar-refractivity contribution in [1.82, 2.24) is 10.2 Å². The van der Waals surface area contributed by atoms with Crippen molar-refractivity contribution in [1.29, 1.82) is 0 Å². The number of ether oxygens (including phenoxy) is 4. The quantitative estimate of drug-likeness (QED) is 0.524. The van der Waals surface area contributed by atoms with E-state index in [2.05, 4.69) is 29.6 Å². The minimum absolute atomic E-state index is 0.219. The van der Waals surface area contributed by atoms with Gasteiger partial charge >= 0.3 is 0 Å². The van der Waals surface area contributed by atoms with Gasteiger partial charge in [0, 0.05) is 26.1 Å². The van der Waals surface area contributed by atoms with Crippen LogP contribution in [0.5, 0.6) is 23.0 Å². The van der Waals surface area contributed by atoms with Gasteiger partial charge in [-0.1, -0.05) is 0 Å². The van der Waals surface area contributed by atoms with E-state index >= 15 is 0 Å². The highest BCUT2D eigenvalue weighted by Gasteiger charge is 2.24. The van der Waals surface area contributed by atoms with Gasteiger partial charge in [-0.25, -0.2) is 0 Å². The number of nitrogens with zero attached hydrogens (tertiary/aromatic N) is 1. The van der Waals surface area contributed by atoms with Crippen LogP contribution in [0.25, 0.3) is 0 Å². The van der Waals surface area contributed by atoms with Gasteiger partial charge in [-0.15, -0.1) is 0 Å². The van der Waals surface area contributed by atoms with E-state index in [0.717, 1.165) is 74.7 Å². The van der Waals surface area contributed by atoms with Crippen molar-refractivity contribution in [2.45, 2.75) is 38.5 Å². The number of methoxy groups -OCH3 is 4. The van der Waals surface area contributed by atoms with Gasteiger partial charge in [0.2, 0.25) is 5.91 Å². The van der Waals surface area contributed by atoms with Gasteiger partial charge in [-0.3, -0.25) is 4.79 Å². The molecule has 0 radical (unpaired) electrons. The molecule has 0 saturated heterocycles. The summed E-state index contributed by atoms with van der Waals surface area (Å²) in [6, 6.07) is 8.34. The first-order valence-electron chi connectivity index (χ1n) is 12.5. The van der Waals surface area contributed by atoms with Crippen LogP contribution in [0.2, 0.25) is 0 Å². The predicted molar refractivity (Wildman–Crippen MR) is 136 cm³/mol. The topological polar surface area (TPSA) is 69.3 Å². The highest BCUT2D eigenvalue weighted by molar-refractivity contribution is 5.76. The predicted octanol–water partition coefficient (Wildman–Crippen LogP) is 3.43. The number of nitrogens with one attached hydrogen (secondary N) is 1. The number of carbonyl (C=O) groups excluding carboxylic acids is 1. The molecule has 2 aliphatic rings. The third kappa shape index (κ3) is 5.84. The van der Waals surface area contributed by atoms with Gasteiger partial charge < -0.3 is 29.2 Å². The van der Waals surface area contributed by atoms with Crippen LogP contribution in [0.4, 0.5) is 0 Å². The maximum atomic E-state index is 12.8. The number of amides is 1. The molecule has 7 nitrogen and oxygen atoms in total. The molecule has 1 aliphatic heterocycles. The van der Waals surface area contributed by atoms with Crippen molar-refractivity contribution in [2.75, 3.05) is 54.6 Å². The Balaban J connectivity index is 1.19. The van der Waals surface area contributed by atoms with E-state index in [9.17, 15) is 4.79 Å². The summed E-state index contributed by atoms with van der Waals surface area (Å²) >= 11 is 0. The average Bonchev–Trinajstić information content (AvgIpc) is 3.16. The van der Waals surface area contributed by atoms with Crippen LogP contribution in [-0.4, -0.2) is 65.4 Å². The highest BCUT2D eigenvalue weighted by atomic mass is 16.5. The van der Waals surface area contributed by atoms with E-state index in [0.29, 0.717) is 18.9 Å². The Kier molecular flexibility index (Phi) is 8.39. The smallest absolute Gasteiger partial charge is 0.223 e. The van der Waals surface area contributed by atoms with Gasteiger partial charge in [0.15, 0.2) is 23.0 Å². The molecule has 35 heavy (non-hydrogen) atoms. The van der Waals surface area contributed by atoms with Gasteiger partial charge in [0.1, 0.15) is 0 Å². The van der Waals surface area contributed by atoms with Crippen molar-refractivity contribution in [2.24, 2.45) is 5.92 Å². The van der Waals surface area contributed by atoms with Gasteiger partial charge in [0.25, 0.3) is 0 Å². The summed E-state index contributed by atoms with van der Waals surface area (Å²) in [7, 11) is 6.68. The molecule has 0 atom stereocenters. The minimum Gasteiger partial charge on any atom is -0.493 e. The Morgan fingerprint density at radius 2 is 1.23 bits per heavy atom. The number of benzene rings is 2. The van der Waals surface area contributed by atoms with Crippen LogP contribution in [0.3, 0.4) is 0 Å². The molecule has 0 saturated carbocycles. The van der Waals surface area contributed by atoms with Crippen LogP contribution >= 0.6 is 0 Å². The first kappa shape index (κ1) is 25.2. The second-order valence-electron chi connectivity index (χ2n) is 9.40. The van der Waals surface area contributed by atoms with E-state index in [4.69, 9.17) is 18.9 Å². The maximum Gasteiger partial charge on any atom is 0.223 e. The lowest BCUT2D eigenvalue weighted by molar-refractivity contribution is -0.131. The summed E-state index contributed by atoms with van der Waals surface area (Å²) in [6.45, 7) is 3.12. The number of hydrogen-bond acceptors (Lipinski definition) is 6. The molecule has 0 fully saturated rings. The van der Waals surface area contributed by atoms with Crippen LogP contribution in [-0.2, 0) is 30.5 Å². The molecule has 0 spiro atoms. The zero-order chi connectivity index (χ0) is 24.8. The normalized spacial score (nSPS) is 15.3. The lowest BCUT2D eigenvalue weighted by Crippen LogP contribution is -2.35. The standard InChI is InChI=1S/C28H38N2O5/c1-32-24-15-20-7-11-30(12-8-21(20)16-25(24)33-2)28(31)6-10-29-9-5-19-13-22-17-26(34-3)27(35-4)18-23(22)14-19/h15-19,29H,5-14H2,1-4H3. The van der Waals surface area contributed by atoms with E-state index in [1.807, 2.05) is 4.90 Å². The second-order valence-corrected chi connectivity index (χ2v) is 9.40. The van der Waals surface area contributed by atoms with Crippen LogP contribution in [0.1, 0.15) is 35.1 Å². The average molecular weight is 483 g/mol. The summed E-state index contributed by atoms with van der Waals surface area (Å²) in [5, 5.41) is 3.49.